The van der Waals surface area contributed by atoms with Gasteiger partial charge in [-0.2, -0.15) is 0 Å². The maximum Gasteiger partial charge on any atom is 0.132 e. The summed E-state index contributed by atoms with van der Waals surface area (Å²) in [6, 6.07) is 10.2. The first-order valence-electron chi connectivity index (χ1n) is 6.56. The molecule has 1 atom stereocenters. The first-order chi connectivity index (χ1) is 9.97. The van der Waals surface area contributed by atoms with Crippen LogP contribution < -0.4 is 0 Å². The molecule has 3 aromatic rings. The normalized spacial score (nSPS) is 12.8. The zero-order chi connectivity index (χ0) is 15.1. The van der Waals surface area contributed by atoms with Gasteiger partial charge in [0.25, 0.3) is 0 Å². The molecule has 0 saturated heterocycles. The van der Waals surface area contributed by atoms with Gasteiger partial charge in [0, 0.05) is 0 Å². The van der Waals surface area contributed by atoms with Gasteiger partial charge in [-0.1, -0.05) is 17.7 Å². The smallest absolute Gasteiger partial charge is 0.132 e. The molecular weight excluding hydrogens is 310 g/mol. The molecule has 0 saturated carbocycles. The molecule has 3 rings (SSSR count). The average Bonchev–Trinajstić information content (AvgIpc) is 2.80. The summed E-state index contributed by atoms with van der Waals surface area (Å²) in [7, 11) is 0. The van der Waals surface area contributed by atoms with Crippen LogP contribution in [0.1, 0.15) is 23.7 Å². The number of fused-ring (bicyclic) bond motifs is 1. The summed E-state index contributed by atoms with van der Waals surface area (Å²) in [5, 5.41) is 0.132. The number of hydrogen-bond donors (Lipinski definition) is 0. The van der Waals surface area contributed by atoms with E-state index in [0.717, 1.165) is 16.6 Å². The number of rotatable bonds is 2. The van der Waals surface area contributed by atoms with Crippen molar-refractivity contribution in [3.05, 3.63) is 58.6 Å². The van der Waals surface area contributed by atoms with Gasteiger partial charge in [-0.25, -0.2) is 9.37 Å². The Kier molecular flexibility index (Phi) is 3.64. The quantitative estimate of drug-likeness (QED) is 0.575. The number of aryl methyl sites for hydroxylation is 1. The monoisotopic (exact) mass is 322 g/mol. The van der Waals surface area contributed by atoms with E-state index < -0.39 is 0 Å². The Hall–Kier alpha value is -1.58. The molecule has 0 radical (unpaired) electrons. The molecule has 1 aromatic heterocycles. The van der Waals surface area contributed by atoms with Crippen LogP contribution in [-0.4, -0.2) is 9.55 Å². The van der Waals surface area contributed by atoms with Crippen LogP contribution in [0.25, 0.3) is 16.7 Å². The third-order valence-corrected chi connectivity index (χ3v) is 3.86. The summed E-state index contributed by atoms with van der Waals surface area (Å²) in [6.45, 7) is 3.83. The number of hydrogen-bond acceptors (Lipinski definition) is 1. The average molecular weight is 323 g/mol. The van der Waals surface area contributed by atoms with Crippen molar-refractivity contribution in [1.29, 1.82) is 0 Å². The van der Waals surface area contributed by atoms with Gasteiger partial charge in [0.15, 0.2) is 0 Å². The van der Waals surface area contributed by atoms with E-state index in [1.165, 1.54) is 18.2 Å². The predicted molar refractivity (Wildman–Crippen MR) is 85.0 cm³/mol. The van der Waals surface area contributed by atoms with Crippen molar-refractivity contribution in [1.82, 2.24) is 9.55 Å². The van der Waals surface area contributed by atoms with Crippen LogP contribution in [0.3, 0.4) is 0 Å². The lowest BCUT2D eigenvalue weighted by molar-refractivity contribution is 0.626. The fourth-order valence-electron chi connectivity index (χ4n) is 2.38. The molecule has 0 fully saturated rings. The van der Waals surface area contributed by atoms with E-state index in [1.807, 2.05) is 36.6 Å². The molecule has 1 unspecified atom stereocenters. The fourth-order valence-corrected chi connectivity index (χ4v) is 2.73. The number of benzene rings is 2. The Balaban J connectivity index is 2.41. The maximum absolute atomic E-state index is 13.6. The van der Waals surface area contributed by atoms with Crippen LogP contribution in [-0.2, 0) is 0 Å². The van der Waals surface area contributed by atoms with E-state index in [-0.39, 0.29) is 11.2 Å². The van der Waals surface area contributed by atoms with Crippen LogP contribution in [0.4, 0.5) is 4.39 Å². The summed E-state index contributed by atoms with van der Waals surface area (Å²) in [5.41, 5.74) is 3.31. The largest absolute Gasteiger partial charge is 0.293 e. The molecule has 0 amide bonds. The van der Waals surface area contributed by atoms with Crippen molar-refractivity contribution in [3.8, 4) is 5.69 Å². The zero-order valence-corrected chi connectivity index (χ0v) is 13.1. The van der Waals surface area contributed by atoms with Crippen LogP contribution in [0.5, 0.6) is 0 Å². The highest BCUT2D eigenvalue weighted by Crippen LogP contribution is 2.32. The minimum absolute atomic E-state index is 0.322. The van der Waals surface area contributed by atoms with Gasteiger partial charge in [0.05, 0.1) is 27.1 Å². The molecule has 0 aliphatic carbocycles. The van der Waals surface area contributed by atoms with Crippen LogP contribution in [0.15, 0.2) is 36.4 Å². The van der Waals surface area contributed by atoms with E-state index in [1.54, 1.807) is 0 Å². The van der Waals surface area contributed by atoms with Gasteiger partial charge in [-0.3, -0.25) is 4.57 Å². The summed E-state index contributed by atoms with van der Waals surface area (Å²) in [4.78, 5) is 4.55. The van der Waals surface area contributed by atoms with E-state index >= 15 is 0 Å². The number of alkyl halides is 1. The molecule has 0 spiro atoms. The second kappa shape index (κ2) is 5.32. The van der Waals surface area contributed by atoms with Crippen molar-refractivity contribution in [3.63, 3.8) is 0 Å². The third kappa shape index (κ3) is 2.52. The van der Waals surface area contributed by atoms with E-state index in [0.29, 0.717) is 16.5 Å². The van der Waals surface area contributed by atoms with Gasteiger partial charge in [0.1, 0.15) is 11.6 Å². The molecule has 0 aliphatic rings. The standard InChI is InChI=1S/C16H13Cl2FN2/c1-9-3-6-13-15(7-9)21(16(20-13)10(2)17)14-8-11(19)4-5-12(14)18/h3-8,10H,1-2H3. The first-order valence-corrected chi connectivity index (χ1v) is 7.37. The molecule has 2 nitrogen and oxygen atoms in total. The predicted octanol–water partition coefficient (Wildman–Crippen LogP) is 5.43. The Morgan fingerprint density at radius 1 is 1.19 bits per heavy atom. The van der Waals surface area contributed by atoms with Crippen molar-refractivity contribution < 1.29 is 4.39 Å². The molecule has 108 valence electrons. The zero-order valence-electron chi connectivity index (χ0n) is 11.6. The van der Waals surface area contributed by atoms with E-state index in [9.17, 15) is 4.39 Å². The van der Waals surface area contributed by atoms with Crippen LogP contribution >= 0.6 is 23.2 Å². The second-order valence-corrected chi connectivity index (χ2v) is 6.07. The Morgan fingerprint density at radius 3 is 2.67 bits per heavy atom. The summed E-state index contributed by atoms with van der Waals surface area (Å²) in [6.07, 6.45) is 0. The van der Waals surface area contributed by atoms with E-state index in [2.05, 4.69) is 4.98 Å². The SMILES string of the molecule is Cc1ccc2nc(C(C)Cl)n(-c3cc(F)ccc3Cl)c2c1. The Labute approximate surface area is 132 Å². The summed E-state index contributed by atoms with van der Waals surface area (Å²) in [5.74, 6) is 0.293. The maximum atomic E-state index is 13.6. The first kappa shape index (κ1) is 14.4. The molecule has 0 bridgehead atoms. The molecule has 21 heavy (non-hydrogen) atoms. The topological polar surface area (TPSA) is 17.8 Å². The third-order valence-electron chi connectivity index (χ3n) is 3.34. The minimum Gasteiger partial charge on any atom is -0.293 e. The minimum atomic E-state index is -0.350. The number of imidazole rings is 1. The van der Waals surface area contributed by atoms with Crippen molar-refractivity contribution in [2.75, 3.05) is 0 Å². The second-order valence-electron chi connectivity index (χ2n) is 5.01. The highest BCUT2D eigenvalue weighted by atomic mass is 35.5. The lowest BCUT2D eigenvalue weighted by Crippen LogP contribution is -2.03. The summed E-state index contributed by atoms with van der Waals surface area (Å²) >= 11 is 12.5. The van der Waals surface area contributed by atoms with Crippen LogP contribution in [0.2, 0.25) is 5.02 Å². The molecule has 1 heterocycles. The van der Waals surface area contributed by atoms with Gasteiger partial charge in [0.2, 0.25) is 0 Å². The molecule has 0 N–H and O–H groups in total. The Morgan fingerprint density at radius 2 is 1.95 bits per heavy atom. The van der Waals surface area contributed by atoms with Gasteiger partial charge in [-0.05, 0) is 49.7 Å². The van der Waals surface area contributed by atoms with Crippen molar-refractivity contribution in [2.24, 2.45) is 0 Å². The molecule has 2 aromatic carbocycles. The number of aromatic nitrogens is 2. The molecule has 0 aliphatic heterocycles. The van der Waals surface area contributed by atoms with Gasteiger partial charge in [-0.15, -0.1) is 11.6 Å². The van der Waals surface area contributed by atoms with Gasteiger partial charge >= 0.3 is 0 Å². The lowest BCUT2D eigenvalue weighted by Gasteiger charge is -2.12. The fraction of sp³-hybridized carbons (Fsp3) is 0.188. The van der Waals surface area contributed by atoms with Crippen molar-refractivity contribution in [2.45, 2.75) is 19.2 Å². The van der Waals surface area contributed by atoms with Crippen LogP contribution in [0, 0.1) is 12.7 Å². The lowest BCUT2D eigenvalue weighted by atomic mass is 10.2. The van der Waals surface area contributed by atoms with Crippen molar-refractivity contribution >= 4 is 34.2 Å². The highest BCUT2D eigenvalue weighted by Gasteiger charge is 2.18. The number of nitrogens with zero attached hydrogens (tertiary/aromatic N) is 2. The summed E-state index contributed by atoms with van der Waals surface area (Å²) < 4.78 is 15.5. The van der Waals surface area contributed by atoms with E-state index in [4.69, 9.17) is 23.2 Å². The molecular formula is C16H13Cl2FN2. The molecule has 5 heteroatoms. The highest BCUT2D eigenvalue weighted by molar-refractivity contribution is 6.32. The Bertz CT molecular complexity index is 825. The van der Waals surface area contributed by atoms with Gasteiger partial charge < -0.3 is 0 Å². The number of halogens is 3.